The summed E-state index contributed by atoms with van der Waals surface area (Å²) in [7, 11) is 0. The van der Waals surface area contributed by atoms with Crippen molar-refractivity contribution in [3.05, 3.63) is 53.7 Å². The van der Waals surface area contributed by atoms with Gasteiger partial charge in [0.05, 0.1) is 0 Å². The summed E-state index contributed by atoms with van der Waals surface area (Å²) in [4.78, 5) is 8.20. The average molecular weight is 270 g/mol. The second-order valence-electron chi connectivity index (χ2n) is 4.19. The van der Waals surface area contributed by atoms with Gasteiger partial charge in [0.15, 0.2) is 6.61 Å². The predicted octanol–water partition coefficient (Wildman–Crippen LogP) is 2.80. The lowest BCUT2D eigenvalue weighted by molar-refractivity contribution is 0.354. The van der Waals surface area contributed by atoms with Crippen LogP contribution < -0.4 is 4.74 Å². The molecule has 0 saturated carbocycles. The Hall–Kier alpha value is -2.41. The van der Waals surface area contributed by atoms with Gasteiger partial charge in [-0.2, -0.15) is 0 Å². The molecule has 0 unspecified atom stereocenters. The maximum Gasteiger partial charge on any atom is 0.217 e. The smallest absolute Gasteiger partial charge is 0.217 e. The van der Waals surface area contributed by atoms with Gasteiger partial charge in [-0.3, -0.25) is 0 Å². The molecule has 4 heteroatoms. The summed E-state index contributed by atoms with van der Waals surface area (Å²) < 4.78 is 18.4. The van der Waals surface area contributed by atoms with E-state index in [0.717, 1.165) is 17.7 Å². The largest absolute Gasteiger partial charge is 0.464 e. The van der Waals surface area contributed by atoms with Crippen LogP contribution in [0.4, 0.5) is 4.39 Å². The summed E-state index contributed by atoms with van der Waals surface area (Å²) in [5, 5.41) is 0. The Morgan fingerprint density at radius 2 is 2.10 bits per heavy atom. The molecule has 0 radical (unpaired) electrons. The van der Waals surface area contributed by atoms with Crippen LogP contribution in [0.1, 0.15) is 18.2 Å². The van der Waals surface area contributed by atoms with Gasteiger partial charge in [0.25, 0.3) is 0 Å². The molecule has 0 aliphatic rings. The lowest BCUT2D eigenvalue weighted by Crippen LogP contribution is -2.00. The Morgan fingerprint density at radius 3 is 2.90 bits per heavy atom. The maximum absolute atomic E-state index is 13.1. The molecular formula is C16H15FN2O. The fourth-order valence-corrected chi connectivity index (χ4v) is 1.74. The molecule has 0 saturated heterocycles. The lowest BCUT2D eigenvalue weighted by atomic mass is 10.1. The molecule has 0 amide bonds. The zero-order valence-electron chi connectivity index (χ0n) is 11.3. The van der Waals surface area contributed by atoms with Gasteiger partial charge in [-0.15, -0.1) is 5.92 Å². The monoisotopic (exact) mass is 270 g/mol. The van der Waals surface area contributed by atoms with Crippen LogP contribution in [0.3, 0.4) is 0 Å². The van der Waals surface area contributed by atoms with Crippen LogP contribution in [0.25, 0.3) is 0 Å². The Labute approximate surface area is 117 Å². The number of nitrogens with zero attached hydrogens (tertiary/aromatic N) is 2. The standard InChI is InChI=1S/C16H15FN2O/c1-2-3-9-20-16-11-15(18-12-19-16)8-7-13-5-4-6-14(17)10-13/h4-6,10-12H,7-9H2,1H3. The highest BCUT2D eigenvalue weighted by atomic mass is 19.1. The maximum atomic E-state index is 13.1. The lowest BCUT2D eigenvalue weighted by Gasteiger charge is -2.04. The predicted molar refractivity (Wildman–Crippen MR) is 74.8 cm³/mol. The molecule has 20 heavy (non-hydrogen) atoms. The van der Waals surface area contributed by atoms with Crippen LogP contribution >= 0.6 is 0 Å². The van der Waals surface area contributed by atoms with Crippen LogP contribution in [0.15, 0.2) is 36.7 Å². The zero-order valence-corrected chi connectivity index (χ0v) is 11.3. The highest BCUT2D eigenvalue weighted by Crippen LogP contribution is 2.11. The summed E-state index contributed by atoms with van der Waals surface area (Å²) >= 11 is 0. The number of hydrogen-bond acceptors (Lipinski definition) is 3. The van der Waals surface area contributed by atoms with E-state index in [1.807, 2.05) is 6.07 Å². The van der Waals surface area contributed by atoms with E-state index in [4.69, 9.17) is 4.74 Å². The van der Waals surface area contributed by atoms with Gasteiger partial charge in [0, 0.05) is 11.8 Å². The minimum Gasteiger partial charge on any atom is -0.464 e. The van der Waals surface area contributed by atoms with E-state index < -0.39 is 0 Å². The molecule has 1 heterocycles. The third-order valence-electron chi connectivity index (χ3n) is 2.73. The second-order valence-corrected chi connectivity index (χ2v) is 4.19. The van der Waals surface area contributed by atoms with Crippen LogP contribution in [0, 0.1) is 17.7 Å². The molecule has 0 spiro atoms. The number of benzene rings is 1. The molecule has 0 atom stereocenters. The zero-order chi connectivity index (χ0) is 14.2. The van der Waals surface area contributed by atoms with E-state index >= 15 is 0 Å². The number of halogens is 1. The van der Waals surface area contributed by atoms with E-state index in [1.165, 1.54) is 18.5 Å². The summed E-state index contributed by atoms with van der Waals surface area (Å²) in [5.74, 6) is 5.85. The molecular weight excluding hydrogens is 255 g/mol. The number of aryl methyl sites for hydroxylation is 2. The SMILES string of the molecule is CC#CCOc1cc(CCc2cccc(F)c2)ncn1. The van der Waals surface area contributed by atoms with Crippen molar-refractivity contribution in [3.8, 4) is 17.7 Å². The average Bonchev–Trinajstić information content (AvgIpc) is 2.46. The number of hydrogen-bond donors (Lipinski definition) is 0. The van der Waals surface area contributed by atoms with Gasteiger partial charge in [-0.25, -0.2) is 14.4 Å². The topological polar surface area (TPSA) is 35.0 Å². The van der Waals surface area contributed by atoms with Crippen molar-refractivity contribution in [1.29, 1.82) is 0 Å². The number of ether oxygens (including phenoxy) is 1. The molecule has 1 aromatic carbocycles. The quantitative estimate of drug-likeness (QED) is 0.784. The first kappa shape index (κ1) is 14.0. The Morgan fingerprint density at radius 1 is 1.20 bits per heavy atom. The van der Waals surface area contributed by atoms with Gasteiger partial charge in [-0.05, 0) is 37.5 Å². The first-order valence-electron chi connectivity index (χ1n) is 6.35. The van der Waals surface area contributed by atoms with E-state index in [1.54, 1.807) is 19.1 Å². The molecule has 0 fully saturated rings. The van der Waals surface area contributed by atoms with Gasteiger partial charge in [0.2, 0.25) is 5.88 Å². The second kappa shape index (κ2) is 7.25. The normalized spacial score (nSPS) is 9.70. The number of aromatic nitrogens is 2. The fourth-order valence-electron chi connectivity index (χ4n) is 1.74. The Bertz CT molecular complexity index is 632. The fraction of sp³-hybridized carbons (Fsp3) is 0.250. The van der Waals surface area contributed by atoms with Gasteiger partial charge in [0.1, 0.15) is 12.1 Å². The molecule has 0 aliphatic heterocycles. The van der Waals surface area contributed by atoms with Crippen LogP contribution in [-0.2, 0) is 12.8 Å². The first-order chi connectivity index (χ1) is 9.78. The van der Waals surface area contributed by atoms with E-state index in [9.17, 15) is 4.39 Å². The third-order valence-corrected chi connectivity index (χ3v) is 2.73. The highest BCUT2D eigenvalue weighted by Gasteiger charge is 2.01. The Balaban J connectivity index is 1.95. The first-order valence-corrected chi connectivity index (χ1v) is 6.35. The summed E-state index contributed by atoms with van der Waals surface area (Å²) in [6.07, 6.45) is 2.90. The van der Waals surface area contributed by atoms with Crippen LogP contribution in [0.2, 0.25) is 0 Å². The van der Waals surface area contributed by atoms with E-state index in [-0.39, 0.29) is 5.82 Å². The molecule has 2 aromatic rings. The van der Waals surface area contributed by atoms with Gasteiger partial charge >= 0.3 is 0 Å². The molecule has 1 aromatic heterocycles. The summed E-state index contributed by atoms with van der Waals surface area (Å²) in [5.41, 5.74) is 1.81. The van der Waals surface area contributed by atoms with E-state index in [0.29, 0.717) is 18.9 Å². The van der Waals surface area contributed by atoms with Crippen molar-refractivity contribution < 1.29 is 9.13 Å². The minimum absolute atomic E-state index is 0.215. The molecule has 0 aliphatic carbocycles. The summed E-state index contributed by atoms with van der Waals surface area (Å²) in [6.45, 7) is 2.07. The van der Waals surface area contributed by atoms with Gasteiger partial charge < -0.3 is 4.74 Å². The van der Waals surface area contributed by atoms with Crippen LogP contribution in [0.5, 0.6) is 5.88 Å². The van der Waals surface area contributed by atoms with Gasteiger partial charge in [-0.1, -0.05) is 18.1 Å². The highest BCUT2D eigenvalue weighted by molar-refractivity contribution is 5.19. The molecule has 0 N–H and O–H groups in total. The van der Waals surface area contributed by atoms with Crippen molar-refractivity contribution in [2.24, 2.45) is 0 Å². The van der Waals surface area contributed by atoms with E-state index in [2.05, 4.69) is 21.8 Å². The van der Waals surface area contributed by atoms with Crippen molar-refractivity contribution in [2.75, 3.05) is 6.61 Å². The third kappa shape index (κ3) is 4.36. The Kier molecular flexibility index (Phi) is 5.08. The molecule has 3 nitrogen and oxygen atoms in total. The summed E-state index contributed by atoms with van der Waals surface area (Å²) in [6, 6.07) is 8.38. The van der Waals surface area contributed by atoms with Crippen LogP contribution in [-0.4, -0.2) is 16.6 Å². The minimum atomic E-state index is -0.215. The van der Waals surface area contributed by atoms with Crippen molar-refractivity contribution in [2.45, 2.75) is 19.8 Å². The van der Waals surface area contributed by atoms with Crippen molar-refractivity contribution >= 4 is 0 Å². The number of rotatable bonds is 5. The molecule has 0 bridgehead atoms. The molecule has 102 valence electrons. The van der Waals surface area contributed by atoms with Crippen molar-refractivity contribution in [1.82, 2.24) is 9.97 Å². The molecule has 2 rings (SSSR count). The van der Waals surface area contributed by atoms with Crippen molar-refractivity contribution in [3.63, 3.8) is 0 Å².